The predicted octanol–water partition coefficient (Wildman–Crippen LogP) is 3.69. The Hall–Kier alpha value is -1.76. The Morgan fingerprint density at radius 2 is 1.95 bits per heavy atom. The molecule has 0 bridgehead atoms. The minimum Gasteiger partial charge on any atom is -0.493 e. The summed E-state index contributed by atoms with van der Waals surface area (Å²) in [7, 11) is 1.58. The van der Waals surface area contributed by atoms with Crippen LogP contribution < -0.4 is 9.47 Å². The number of oxime groups is 1. The molecule has 0 aliphatic carbocycles. The lowest BCUT2D eigenvalue weighted by Crippen LogP contribution is -1.99. The summed E-state index contributed by atoms with van der Waals surface area (Å²) < 4.78 is 12.0. The van der Waals surface area contributed by atoms with Crippen LogP contribution in [0.3, 0.4) is 0 Å². The topological polar surface area (TPSA) is 51.0 Å². The van der Waals surface area contributed by atoms with Crippen LogP contribution in [0.15, 0.2) is 47.6 Å². The molecule has 0 fully saturated rings. The van der Waals surface area contributed by atoms with E-state index >= 15 is 0 Å². The molecule has 0 heterocycles. The molecule has 0 aromatic heterocycles. The zero-order valence-corrected chi connectivity index (χ0v) is 13.1. The number of ether oxygens (including phenoxy) is 2. The van der Waals surface area contributed by atoms with Crippen molar-refractivity contribution in [3.8, 4) is 11.5 Å². The largest absolute Gasteiger partial charge is 0.493 e. The van der Waals surface area contributed by atoms with Gasteiger partial charge in [-0.25, -0.2) is 0 Å². The Morgan fingerprint density at radius 3 is 2.60 bits per heavy atom. The van der Waals surface area contributed by atoms with Crippen LogP contribution in [0.5, 0.6) is 11.5 Å². The van der Waals surface area contributed by atoms with Crippen LogP contribution in [0.1, 0.15) is 11.1 Å². The monoisotopic (exact) mass is 383 g/mol. The lowest BCUT2D eigenvalue weighted by Gasteiger charge is -2.12. The highest BCUT2D eigenvalue weighted by Gasteiger charge is 2.09. The van der Waals surface area contributed by atoms with Crippen molar-refractivity contribution >= 4 is 28.8 Å². The molecular formula is C15H14INO3. The lowest BCUT2D eigenvalue weighted by atomic mass is 10.2. The van der Waals surface area contributed by atoms with Gasteiger partial charge in [0.25, 0.3) is 0 Å². The second-order valence-corrected chi connectivity index (χ2v) is 5.21. The molecule has 1 N–H and O–H groups in total. The predicted molar refractivity (Wildman–Crippen MR) is 85.9 cm³/mol. The van der Waals surface area contributed by atoms with Gasteiger partial charge in [0, 0.05) is 9.13 Å². The van der Waals surface area contributed by atoms with E-state index in [4.69, 9.17) is 14.7 Å². The highest BCUT2D eigenvalue weighted by molar-refractivity contribution is 14.1. The van der Waals surface area contributed by atoms with Crippen LogP contribution in [0.2, 0.25) is 0 Å². The van der Waals surface area contributed by atoms with Gasteiger partial charge in [0.15, 0.2) is 11.5 Å². The van der Waals surface area contributed by atoms with Crippen LogP contribution in [-0.2, 0) is 6.61 Å². The second-order valence-electron chi connectivity index (χ2n) is 4.04. The summed E-state index contributed by atoms with van der Waals surface area (Å²) in [4.78, 5) is 0. The standard InChI is InChI=1S/C15H14INO3/c1-19-14-7-12(9-17-18)13(16)8-15(14)20-10-11-5-3-2-4-6-11/h2-9,18H,10H2,1H3. The summed E-state index contributed by atoms with van der Waals surface area (Å²) in [6.45, 7) is 0.473. The molecule has 0 amide bonds. The molecule has 2 aromatic rings. The quantitative estimate of drug-likeness (QED) is 0.371. The van der Waals surface area contributed by atoms with Crippen molar-refractivity contribution in [1.82, 2.24) is 0 Å². The molecule has 0 aliphatic rings. The number of hydrogen-bond donors (Lipinski definition) is 1. The first-order valence-electron chi connectivity index (χ1n) is 5.96. The van der Waals surface area contributed by atoms with Gasteiger partial charge in [0.2, 0.25) is 0 Å². The minimum absolute atomic E-state index is 0.473. The summed E-state index contributed by atoms with van der Waals surface area (Å²) in [5, 5.41) is 11.7. The van der Waals surface area contributed by atoms with Crippen LogP contribution in [-0.4, -0.2) is 18.5 Å². The van der Waals surface area contributed by atoms with Gasteiger partial charge in [-0.1, -0.05) is 35.5 Å². The molecule has 104 valence electrons. The zero-order valence-electron chi connectivity index (χ0n) is 10.9. The Labute approximate surface area is 131 Å². The van der Waals surface area contributed by atoms with Gasteiger partial charge in [-0.05, 0) is 40.3 Å². The Kier molecular flexibility index (Phi) is 5.23. The van der Waals surface area contributed by atoms with Gasteiger partial charge in [0.1, 0.15) is 6.61 Å². The van der Waals surface area contributed by atoms with Gasteiger partial charge in [-0.15, -0.1) is 0 Å². The number of nitrogens with zero attached hydrogens (tertiary/aromatic N) is 1. The number of hydrogen-bond acceptors (Lipinski definition) is 4. The van der Waals surface area contributed by atoms with Crippen molar-refractivity contribution in [3.63, 3.8) is 0 Å². The molecule has 0 spiro atoms. The summed E-state index contributed by atoms with van der Waals surface area (Å²) >= 11 is 2.16. The van der Waals surface area contributed by atoms with Gasteiger partial charge in [-0.3, -0.25) is 0 Å². The van der Waals surface area contributed by atoms with E-state index in [0.717, 1.165) is 14.7 Å². The highest BCUT2D eigenvalue weighted by Crippen LogP contribution is 2.31. The van der Waals surface area contributed by atoms with Gasteiger partial charge in [0.05, 0.1) is 13.3 Å². The number of halogens is 1. The van der Waals surface area contributed by atoms with Crippen LogP contribution in [0.4, 0.5) is 0 Å². The summed E-state index contributed by atoms with van der Waals surface area (Å²) in [6.07, 6.45) is 1.37. The Balaban J connectivity index is 2.21. The molecule has 2 rings (SSSR count). The third-order valence-corrected chi connectivity index (χ3v) is 3.65. The first-order valence-corrected chi connectivity index (χ1v) is 7.04. The van der Waals surface area contributed by atoms with Crippen molar-refractivity contribution in [3.05, 3.63) is 57.2 Å². The number of methoxy groups -OCH3 is 1. The molecule has 0 saturated heterocycles. The third-order valence-electron chi connectivity index (χ3n) is 2.72. The highest BCUT2D eigenvalue weighted by atomic mass is 127. The van der Waals surface area contributed by atoms with Crippen LogP contribution >= 0.6 is 22.6 Å². The average Bonchev–Trinajstić information content (AvgIpc) is 2.48. The van der Waals surface area contributed by atoms with Crippen LogP contribution in [0.25, 0.3) is 0 Å². The first kappa shape index (κ1) is 14.6. The van der Waals surface area contributed by atoms with E-state index < -0.39 is 0 Å². The zero-order chi connectivity index (χ0) is 14.4. The molecule has 5 heteroatoms. The Morgan fingerprint density at radius 1 is 1.20 bits per heavy atom. The van der Waals surface area contributed by atoms with Crippen LogP contribution in [0, 0.1) is 3.57 Å². The van der Waals surface area contributed by atoms with Crippen molar-refractivity contribution < 1.29 is 14.7 Å². The van der Waals surface area contributed by atoms with E-state index in [0.29, 0.717) is 18.1 Å². The first-order chi connectivity index (χ1) is 9.74. The Bertz CT molecular complexity index is 600. The van der Waals surface area contributed by atoms with Gasteiger partial charge >= 0.3 is 0 Å². The van der Waals surface area contributed by atoms with E-state index in [1.54, 1.807) is 13.2 Å². The van der Waals surface area contributed by atoms with E-state index in [-0.39, 0.29) is 0 Å². The summed E-state index contributed by atoms with van der Waals surface area (Å²) in [5.41, 5.74) is 1.86. The summed E-state index contributed by atoms with van der Waals surface area (Å²) in [5.74, 6) is 1.27. The molecule has 0 saturated carbocycles. The molecule has 0 atom stereocenters. The van der Waals surface area contributed by atoms with E-state index in [1.807, 2.05) is 36.4 Å². The van der Waals surface area contributed by atoms with Gasteiger partial charge < -0.3 is 14.7 Å². The van der Waals surface area contributed by atoms with Crippen molar-refractivity contribution in [2.24, 2.45) is 5.16 Å². The smallest absolute Gasteiger partial charge is 0.162 e. The fourth-order valence-electron chi connectivity index (χ4n) is 1.72. The van der Waals surface area contributed by atoms with Gasteiger partial charge in [-0.2, -0.15) is 0 Å². The van der Waals surface area contributed by atoms with E-state index in [1.165, 1.54) is 6.21 Å². The number of benzene rings is 2. The maximum atomic E-state index is 8.62. The molecule has 2 aromatic carbocycles. The van der Waals surface area contributed by atoms with E-state index in [9.17, 15) is 0 Å². The maximum Gasteiger partial charge on any atom is 0.162 e. The third kappa shape index (κ3) is 3.63. The number of rotatable bonds is 5. The molecule has 0 radical (unpaired) electrons. The molecular weight excluding hydrogens is 369 g/mol. The fourth-order valence-corrected chi connectivity index (χ4v) is 2.30. The second kappa shape index (κ2) is 7.14. The lowest BCUT2D eigenvalue weighted by molar-refractivity contribution is 0.284. The molecule has 0 unspecified atom stereocenters. The minimum atomic E-state index is 0.473. The molecule has 20 heavy (non-hydrogen) atoms. The molecule has 0 aliphatic heterocycles. The normalized spacial score (nSPS) is 10.7. The summed E-state index contributed by atoms with van der Waals surface area (Å²) in [6, 6.07) is 13.6. The molecule has 4 nitrogen and oxygen atoms in total. The fraction of sp³-hybridized carbons (Fsp3) is 0.133. The SMILES string of the molecule is COc1cc(C=NO)c(I)cc1OCc1ccccc1. The van der Waals surface area contributed by atoms with Crippen molar-refractivity contribution in [2.75, 3.05) is 7.11 Å². The van der Waals surface area contributed by atoms with Crippen molar-refractivity contribution in [2.45, 2.75) is 6.61 Å². The average molecular weight is 383 g/mol. The van der Waals surface area contributed by atoms with E-state index in [2.05, 4.69) is 27.7 Å². The van der Waals surface area contributed by atoms with Crippen molar-refractivity contribution in [1.29, 1.82) is 0 Å². The maximum absolute atomic E-state index is 8.62.